The molecule has 0 saturated heterocycles. The van der Waals surface area contributed by atoms with Crippen molar-refractivity contribution in [2.24, 2.45) is 22.6 Å². The molecule has 0 heterocycles. The molecule has 0 bridgehead atoms. The maximum Gasteiger partial charge on any atom is 0.0667 e. The van der Waals surface area contributed by atoms with Crippen molar-refractivity contribution in [3.05, 3.63) is 65.4 Å². The van der Waals surface area contributed by atoms with Crippen LogP contribution in [0.3, 0.4) is 0 Å². The molecule has 0 radical (unpaired) electrons. The van der Waals surface area contributed by atoms with E-state index >= 15 is 0 Å². The number of hydrogen-bond donors (Lipinski definition) is 1. The van der Waals surface area contributed by atoms with Crippen molar-refractivity contribution in [1.82, 2.24) is 0 Å². The molecule has 1 aromatic rings. The number of aliphatic imine (C=N–C) groups is 1. The molecule has 2 atom stereocenters. The highest BCUT2D eigenvalue weighted by molar-refractivity contribution is 6.09. The van der Waals surface area contributed by atoms with Crippen molar-refractivity contribution >= 4 is 11.3 Å². The van der Waals surface area contributed by atoms with E-state index in [1.807, 2.05) is 13.0 Å². The number of rotatable bonds is 6. The molecule has 2 unspecified atom stereocenters. The van der Waals surface area contributed by atoms with Crippen LogP contribution in [0.1, 0.15) is 88.3 Å². The topological polar surface area (TPSA) is 38.4 Å². The fourth-order valence-corrected chi connectivity index (χ4v) is 5.34. The van der Waals surface area contributed by atoms with E-state index < -0.39 is 0 Å². The Kier molecular flexibility index (Phi) is 7.75. The standard InChI is InChI=1S/C28H40N2/c1-19(2)25-13-9-10-14-27(25)22(5)26-16-15-23(17-20(26)3)28(18-21(4)29)30-24-11-7-6-8-12-24/h15-18,24-25,27H,1,5-14,29H2,2-4H3. The third kappa shape index (κ3) is 5.53. The Morgan fingerprint density at radius 1 is 0.967 bits per heavy atom. The first-order valence-corrected chi connectivity index (χ1v) is 11.8. The molecular weight excluding hydrogens is 364 g/mol. The molecule has 2 fully saturated rings. The van der Waals surface area contributed by atoms with Crippen LogP contribution in [-0.2, 0) is 0 Å². The van der Waals surface area contributed by atoms with Crippen LogP contribution in [0.4, 0.5) is 0 Å². The van der Waals surface area contributed by atoms with E-state index in [1.165, 1.54) is 85.6 Å². The zero-order valence-electron chi connectivity index (χ0n) is 19.3. The number of allylic oxidation sites excluding steroid dienone is 4. The Hall–Kier alpha value is -2.09. The maximum absolute atomic E-state index is 6.05. The van der Waals surface area contributed by atoms with Crippen LogP contribution in [0.15, 0.2) is 53.7 Å². The summed E-state index contributed by atoms with van der Waals surface area (Å²) in [6.45, 7) is 15.2. The van der Waals surface area contributed by atoms with Gasteiger partial charge >= 0.3 is 0 Å². The van der Waals surface area contributed by atoms with Crippen LogP contribution in [0.5, 0.6) is 0 Å². The summed E-state index contributed by atoms with van der Waals surface area (Å²) in [7, 11) is 0. The molecule has 162 valence electrons. The molecule has 2 aliphatic rings. The molecule has 2 nitrogen and oxygen atoms in total. The lowest BCUT2D eigenvalue weighted by Gasteiger charge is -2.34. The molecule has 0 aliphatic heterocycles. The zero-order chi connectivity index (χ0) is 21.7. The van der Waals surface area contributed by atoms with Gasteiger partial charge in [-0.3, -0.25) is 4.99 Å². The van der Waals surface area contributed by atoms with Crippen molar-refractivity contribution in [1.29, 1.82) is 0 Å². The second-order valence-electron chi connectivity index (χ2n) is 9.59. The summed E-state index contributed by atoms with van der Waals surface area (Å²) in [5.41, 5.74) is 14.2. The summed E-state index contributed by atoms with van der Waals surface area (Å²) in [5.74, 6) is 1.08. The van der Waals surface area contributed by atoms with Crippen molar-refractivity contribution in [3.8, 4) is 0 Å². The first-order valence-electron chi connectivity index (χ1n) is 11.8. The molecule has 30 heavy (non-hydrogen) atoms. The predicted molar refractivity (Wildman–Crippen MR) is 132 cm³/mol. The lowest BCUT2D eigenvalue weighted by Crippen LogP contribution is -2.21. The summed E-state index contributed by atoms with van der Waals surface area (Å²) in [4.78, 5) is 5.11. The fourth-order valence-electron chi connectivity index (χ4n) is 5.34. The first kappa shape index (κ1) is 22.6. The normalized spacial score (nSPS) is 24.0. The van der Waals surface area contributed by atoms with Crippen LogP contribution >= 0.6 is 0 Å². The van der Waals surface area contributed by atoms with Gasteiger partial charge in [0.1, 0.15) is 0 Å². The number of hydrogen-bond acceptors (Lipinski definition) is 2. The minimum atomic E-state index is 0.429. The van der Waals surface area contributed by atoms with Gasteiger partial charge < -0.3 is 5.73 Å². The molecule has 0 aromatic heterocycles. The summed E-state index contributed by atoms with van der Waals surface area (Å²) in [6, 6.07) is 7.18. The minimum absolute atomic E-state index is 0.429. The Morgan fingerprint density at radius 3 is 2.20 bits per heavy atom. The van der Waals surface area contributed by atoms with Crippen LogP contribution < -0.4 is 5.73 Å². The Morgan fingerprint density at radius 2 is 1.60 bits per heavy atom. The van der Waals surface area contributed by atoms with E-state index in [1.54, 1.807) is 0 Å². The number of nitrogens with zero attached hydrogens (tertiary/aromatic N) is 1. The molecule has 0 spiro atoms. The van der Waals surface area contributed by atoms with Crippen molar-refractivity contribution in [2.45, 2.75) is 84.6 Å². The Bertz CT molecular complexity index is 832. The molecular formula is C28H40N2. The van der Waals surface area contributed by atoms with Crippen molar-refractivity contribution < 1.29 is 0 Å². The van der Waals surface area contributed by atoms with Gasteiger partial charge in [-0.05, 0) is 87.1 Å². The summed E-state index contributed by atoms with van der Waals surface area (Å²) in [6.07, 6.45) is 13.4. The van der Waals surface area contributed by atoms with E-state index in [9.17, 15) is 0 Å². The SMILES string of the molecule is C=C(C)C1CCCCC1C(=C)c1ccc(C(C=C(C)N)=NC2CCCCC2)cc1C. The van der Waals surface area contributed by atoms with E-state index in [0.717, 1.165) is 11.4 Å². The smallest absolute Gasteiger partial charge is 0.0667 e. The van der Waals surface area contributed by atoms with Gasteiger partial charge in [-0.1, -0.05) is 63.0 Å². The highest BCUT2D eigenvalue weighted by Gasteiger charge is 2.28. The second-order valence-corrected chi connectivity index (χ2v) is 9.59. The summed E-state index contributed by atoms with van der Waals surface area (Å²) < 4.78 is 0. The number of aryl methyl sites for hydroxylation is 1. The molecule has 0 amide bonds. The average Bonchev–Trinajstić information content (AvgIpc) is 2.73. The fraction of sp³-hybridized carbons (Fsp3) is 0.536. The number of nitrogens with two attached hydrogens (primary N) is 1. The van der Waals surface area contributed by atoms with E-state index in [0.29, 0.717) is 17.9 Å². The lowest BCUT2D eigenvalue weighted by atomic mass is 9.71. The highest BCUT2D eigenvalue weighted by atomic mass is 14.8. The zero-order valence-corrected chi connectivity index (χ0v) is 19.3. The Balaban J connectivity index is 1.88. The average molecular weight is 405 g/mol. The summed E-state index contributed by atoms with van der Waals surface area (Å²) >= 11 is 0. The van der Waals surface area contributed by atoms with Gasteiger partial charge in [0.15, 0.2) is 0 Å². The van der Waals surface area contributed by atoms with Gasteiger partial charge in [0.25, 0.3) is 0 Å². The Labute approximate surface area is 184 Å². The van der Waals surface area contributed by atoms with Gasteiger partial charge in [0, 0.05) is 11.3 Å². The second kappa shape index (κ2) is 10.3. The third-order valence-electron chi connectivity index (χ3n) is 6.98. The first-order chi connectivity index (χ1) is 14.4. The molecule has 1 aromatic carbocycles. The van der Waals surface area contributed by atoms with Crippen LogP contribution in [-0.4, -0.2) is 11.8 Å². The predicted octanol–water partition coefficient (Wildman–Crippen LogP) is 7.38. The minimum Gasteiger partial charge on any atom is -0.402 e. The van der Waals surface area contributed by atoms with Gasteiger partial charge in [-0.15, -0.1) is 0 Å². The van der Waals surface area contributed by atoms with Crippen LogP contribution in [0.25, 0.3) is 5.57 Å². The monoisotopic (exact) mass is 404 g/mol. The van der Waals surface area contributed by atoms with Gasteiger partial charge in [0.2, 0.25) is 0 Å². The van der Waals surface area contributed by atoms with Gasteiger partial charge in [-0.2, -0.15) is 0 Å². The van der Waals surface area contributed by atoms with Crippen molar-refractivity contribution in [3.63, 3.8) is 0 Å². The summed E-state index contributed by atoms with van der Waals surface area (Å²) in [5, 5.41) is 0. The third-order valence-corrected chi connectivity index (χ3v) is 6.98. The maximum atomic E-state index is 6.05. The van der Waals surface area contributed by atoms with E-state index in [2.05, 4.69) is 45.2 Å². The van der Waals surface area contributed by atoms with Crippen LogP contribution in [0.2, 0.25) is 0 Å². The molecule has 2 N–H and O–H groups in total. The largest absolute Gasteiger partial charge is 0.402 e. The van der Waals surface area contributed by atoms with Crippen LogP contribution in [0, 0.1) is 18.8 Å². The quantitative estimate of drug-likeness (QED) is 0.390. The highest BCUT2D eigenvalue weighted by Crippen LogP contribution is 2.42. The van der Waals surface area contributed by atoms with Crippen molar-refractivity contribution in [2.75, 3.05) is 0 Å². The molecule has 2 saturated carbocycles. The molecule has 2 aliphatic carbocycles. The lowest BCUT2D eigenvalue weighted by molar-refractivity contribution is 0.333. The van der Waals surface area contributed by atoms with Gasteiger partial charge in [-0.25, -0.2) is 0 Å². The molecule has 3 rings (SSSR count). The number of benzene rings is 1. The van der Waals surface area contributed by atoms with Gasteiger partial charge in [0.05, 0.1) is 11.8 Å². The van der Waals surface area contributed by atoms with E-state index in [-0.39, 0.29) is 0 Å². The molecule has 2 heteroatoms. The van der Waals surface area contributed by atoms with E-state index in [4.69, 9.17) is 10.7 Å².